The number of hydrogen-bond acceptors (Lipinski definition) is 4. The molecule has 0 amide bonds. The molecule has 1 aliphatic rings. The zero-order valence-electron chi connectivity index (χ0n) is 15.6. The van der Waals surface area contributed by atoms with Crippen molar-refractivity contribution >= 4 is 11.5 Å². The Morgan fingerprint density at radius 1 is 1.31 bits per heavy atom. The van der Waals surface area contributed by atoms with E-state index in [0.717, 1.165) is 28.2 Å². The molecule has 26 heavy (non-hydrogen) atoms. The average molecular weight is 353 g/mol. The summed E-state index contributed by atoms with van der Waals surface area (Å²) >= 11 is 0. The second-order valence-corrected chi connectivity index (χ2v) is 6.85. The van der Waals surface area contributed by atoms with Crippen LogP contribution in [0.15, 0.2) is 53.5 Å². The highest BCUT2D eigenvalue weighted by atomic mass is 16.5. The van der Waals surface area contributed by atoms with Crippen LogP contribution in [0.1, 0.15) is 35.8 Å². The van der Waals surface area contributed by atoms with Crippen molar-refractivity contribution < 1.29 is 9.84 Å². The molecule has 0 heterocycles. The number of aliphatic hydroxyl groups is 1. The Morgan fingerprint density at radius 3 is 2.73 bits per heavy atom. The summed E-state index contributed by atoms with van der Waals surface area (Å²) in [5.74, 6) is 0.898. The highest BCUT2D eigenvalue weighted by Gasteiger charge is 2.28. The predicted molar refractivity (Wildman–Crippen MR) is 105 cm³/mol. The first-order chi connectivity index (χ1) is 12.5. The smallest absolute Gasteiger partial charge is 0.101 e. The maximum absolute atomic E-state index is 9.93. The van der Waals surface area contributed by atoms with Crippen molar-refractivity contribution in [3.8, 4) is 0 Å². The molecule has 2 aromatic rings. The minimum atomic E-state index is -0.499. The quantitative estimate of drug-likeness (QED) is 0.640. The maximum Gasteiger partial charge on any atom is 0.101 e. The van der Waals surface area contributed by atoms with E-state index in [2.05, 4.69) is 17.0 Å². The van der Waals surface area contributed by atoms with Crippen molar-refractivity contribution in [2.45, 2.75) is 31.6 Å². The van der Waals surface area contributed by atoms with E-state index in [1.807, 2.05) is 50.4 Å². The second-order valence-electron chi connectivity index (χ2n) is 6.85. The average Bonchev–Trinajstić information content (AvgIpc) is 2.94. The van der Waals surface area contributed by atoms with Crippen LogP contribution in [0.25, 0.3) is 0 Å². The lowest BCUT2D eigenvalue weighted by Crippen LogP contribution is -2.29. The van der Waals surface area contributed by atoms with Gasteiger partial charge in [0.15, 0.2) is 0 Å². The number of rotatable bonds is 5. The lowest BCUT2D eigenvalue weighted by atomic mass is 10.1. The van der Waals surface area contributed by atoms with Gasteiger partial charge in [-0.25, -0.2) is 4.99 Å². The number of aliphatic hydroxyl groups excluding tert-OH is 1. The number of benzene rings is 2. The van der Waals surface area contributed by atoms with Crippen LogP contribution in [0.5, 0.6) is 0 Å². The standard InChI is InChI=1S/C21H27N3O2/c1-14(24(2)13-20(26-3)15-7-5-4-6-8-15)23-17-10-9-16-11-19(25)21(22)18(16)12-17/h4-10,12,19-21,25H,11,13,22H2,1-3H3/t19-,20+,21-/m1/s1. The maximum atomic E-state index is 9.93. The van der Waals surface area contributed by atoms with Gasteiger partial charge in [-0.15, -0.1) is 0 Å². The summed E-state index contributed by atoms with van der Waals surface area (Å²) in [5.41, 5.74) is 10.2. The van der Waals surface area contributed by atoms with E-state index in [-0.39, 0.29) is 12.1 Å². The molecule has 1 aliphatic carbocycles. The lowest BCUT2D eigenvalue weighted by molar-refractivity contribution is 0.0868. The first-order valence-electron chi connectivity index (χ1n) is 8.90. The first kappa shape index (κ1) is 18.6. The Morgan fingerprint density at radius 2 is 2.04 bits per heavy atom. The third-order valence-electron chi connectivity index (χ3n) is 5.07. The number of aliphatic imine (C=N–C) groups is 1. The number of hydrogen-bond donors (Lipinski definition) is 2. The van der Waals surface area contributed by atoms with Gasteiger partial charge in [0.25, 0.3) is 0 Å². The molecule has 2 aromatic carbocycles. The van der Waals surface area contributed by atoms with Crippen LogP contribution in [0.3, 0.4) is 0 Å². The van der Waals surface area contributed by atoms with Crippen LogP contribution in [-0.4, -0.2) is 42.6 Å². The Kier molecular flexibility index (Phi) is 5.71. The van der Waals surface area contributed by atoms with Crippen LogP contribution in [-0.2, 0) is 11.2 Å². The third-order valence-corrected chi connectivity index (χ3v) is 5.07. The number of amidine groups is 1. The number of ether oxygens (including phenoxy) is 1. The Labute approximate surface area is 155 Å². The summed E-state index contributed by atoms with van der Waals surface area (Å²) in [4.78, 5) is 6.81. The highest BCUT2D eigenvalue weighted by Crippen LogP contribution is 2.32. The second kappa shape index (κ2) is 7.99. The molecule has 0 fully saturated rings. The van der Waals surface area contributed by atoms with Gasteiger partial charge in [0.2, 0.25) is 0 Å². The Bertz CT molecular complexity index is 776. The fourth-order valence-corrected chi connectivity index (χ4v) is 3.34. The molecule has 138 valence electrons. The third kappa shape index (κ3) is 3.96. The fraction of sp³-hybridized carbons (Fsp3) is 0.381. The molecule has 3 atom stereocenters. The van der Waals surface area contributed by atoms with E-state index in [1.165, 1.54) is 0 Å². The summed E-state index contributed by atoms with van der Waals surface area (Å²) in [6.07, 6.45) is 0.0997. The van der Waals surface area contributed by atoms with Gasteiger partial charge in [-0.05, 0) is 35.7 Å². The van der Waals surface area contributed by atoms with Crippen LogP contribution in [0.2, 0.25) is 0 Å². The number of likely N-dealkylation sites (N-methyl/N-ethyl adjacent to an activating group) is 1. The van der Waals surface area contributed by atoms with Crippen LogP contribution >= 0.6 is 0 Å². The fourth-order valence-electron chi connectivity index (χ4n) is 3.34. The summed E-state index contributed by atoms with van der Waals surface area (Å²) in [5, 5.41) is 9.93. The van der Waals surface area contributed by atoms with Gasteiger partial charge in [0, 0.05) is 27.1 Å². The van der Waals surface area contributed by atoms with Crippen LogP contribution < -0.4 is 5.73 Å². The number of fused-ring (bicyclic) bond motifs is 1. The molecule has 0 saturated heterocycles. The summed E-state index contributed by atoms with van der Waals surface area (Å²) < 4.78 is 5.65. The summed E-state index contributed by atoms with van der Waals surface area (Å²) in [6, 6.07) is 15.8. The molecule has 0 aromatic heterocycles. The largest absolute Gasteiger partial charge is 0.391 e. The zero-order chi connectivity index (χ0) is 18.7. The summed E-state index contributed by atoms with van der Waals surface area (Å²) in [6.45, 7) is 2.69. The van der Waals surface area contributed by atoms with Crippen molar-refractivity contribution in [3.05, 3.63) is 65.2 Å². The number of methoxy groups -OCH3 is 1. The van der Waals surface area contributed by atoms with Crippen LogP contribution in [0, 0.1) is 0 Å². The molecule has 5 heteroatoms. The van der Waals surface area contributed by atoms with Crippen molar-refractivity contribution in [2.75, 3.05) is 20.7 Å². The molecular formula is C21H27N3O2. The van der Waals surface area contributed by atoms with Gasteiger partial charge in [0.05, 0.1) is 23.9 Å². The Hall–Kier alpha value is -2.21. The molecule has 3 rings (SSSR count). The monoisotopic (exact) mass is 353 g/mol. The van der Waals surface area contributed by atoms with E-state index in [1.54, 1.807) is 7.11 Å². The van der Waals surface area contributed by atoms with Crippen molar-refractivity contribution in [2.24, 2.45) is 10.7 Å². The predicted octanol–water partition coefficient (Wildman–Crippen LogP) is 2.97. The molecule has 0 aliphatic heterocycles. The van der Waals surface area contributed by atoms with Crippen LogP contribution in [0.4, 0.5) is 5.69 Å². The molecule has 0 bridgehead atoms. The highest BCUT2D eigenvalue weighted by molar-refractivity contribution is 5.82. The molecular weight excluding hydrogens is 326 g/mol. The molecule has 5 nitrogen and oxygen atoms in total. The zero-order valence-corrected chi connectivity index (χ0v) is 15.6. The molecule has 0 unspecified atom stereocenters. The number of nitrogens with two attached hydrogens (primary N) is 1. The number of nitrogens with zero attached hydrogens (tertiary/aromatic N) is 2. The van der Waals surface area contributed by atoms with Gasteiger partial charge in [-0.3, -0.25) is 0 Å². The minimum absolute atomic E-state index is 0.0186. The van der Waals surface area contributed by atoms with E-state index >= 15 is 0 Å². The van der Waals surface area contributed by atoms with E-state index < -0.39 is 6.10 Å². The van der Waals surface area contributed by atoms with Gasteiger partial charge in [-0.2, -0.15) is 0 Å². The van der Waals surface area contributed by atoms with Crippen molar-refractivity contribution in [3.63, 3.8) is 0 Å². The van der Waals surface area contributed by atoms with E-state index in [4.69, 9.17) is 15.5 Å². The molecule has 0 spiro atoms. The van der Waals surface area contributed by atoms with Gasteiger partial charge in [-0.1, -0.05) is 36.4 Å². The SMILES string of the molecule is CO[C@@H](CN(C)C(C)=Nc1ccc2c(c1)[C@@H](N)[C@H](O)C2)c1ccccc1. The lowest BCUT2D eigenvalue weighted by Gasteiger charge is -2.25. The molecule has 3 N–H and O–H groups in total. The van der Waals surface area contributed by atoms with Gasteiger partial charge < -0.3 is 20.5 Å². The molecule has 0 radical (unpaired) electrons. The van der Waals surface area contributed by atoms with Gasteiger partial charge in [0.1, 0.15) is 5.84 Å². The van der Waals surface area contributed by atoms with E-state index in [0.29, 0.717) is 13.0 Å². The Balaban J connectivity index is 1.73. The van der Waals surface area contributed by atoms with Gasteiger partial charge >= 0.3 is 0 Å². The minimum Gasteiger partial charge on any atom is -0.391 e. The van der Waals surface area contributed by atoms with E-state index in [9.17, 15) is 5.11 Å². The first-order valence-corrected chi connectivity index (χ1v) is 8.90. The normalized spacial score (nSPS) is 20.7. The summed E-state index contributed by atoms with van der Waals surface area (Å²) in [7, 11) is 3.74. The molecule has 0 saturated carbocycles. The topological polar surface area (TPSA) is 71.1 Å². The van der Waals surface area contributed by atoms with Crippen molar-refractivity contribution in [1.82, 2.24) is 4.90 Å². The van der Waals surface area contributed by atoms with Crippen molar-refractivity contribution in [1.29, 1.82) is 0 Å².